The van der Waals surface area contributed by atoms with E-state index in [-0.39, 0.29) is 0 Å². The van der Waals surface area contributed by atoms with Gasteiger partial charge >= 0.3 is 0 Å². The van der Waals surface area contributed by atoms with Gasteiger partial charge in [0.25, 0.3) is 10.2 Å². The van der Waals surface area contributed by atoms with Gasteiger partial charge in [0, 0.05) is 27.7 Å². The molecule has 6 nitrogen and oxygen atoms in total. The topological polar surface area (TPSA) is 64.7 Å². The molecule has 0 unspecified atom stereocenters. The number of nitrogens with zero attached hydrogens (tertiary/aromatic N) is 2. The highest BCUT2D eigenvalue weighted by Gasteiger charge is 2.16. The van der Waals surface area contributed by atoms with Crippen LogP contribution in [0, 0.1) is 0 Å². The van der Waals surface area contributed by atoms with E-state index < -0.39 is 10.2 Å². The number of hydrogen-bond acceptors (Lipinski definition) is 4. The minimum atomic E-state index is -3.36. The highest BCUT2D eigenvalue weighted by molar-refractivity contribution is 7.87. The van der Waals surface area contributed by atoms with Crippen LogP contribution in [0.25, 0.3) is 0 Å². The van der Waals surface area contributed by atoms with Crippen molar-refractivity contribution in [2.75, 3.05) is 41.3 Å². The first-order valence-corrected chi connectivity index (χ1v) is 5.90. The summed E-state index contributed by atoms with van der Waals surface area (Å²) in [6.07, 6.45) is 0.793. The Labute approximate surface area is 86.4 Å². The third-order valence-electron chi connectivity index (χ3n) is 1.61. The zero-order chi connectivity index (χ0) is 11.2. The quantitative estimate of drug-likeness (QED) is 0.423. The van der Waals surface area contributed by atoms with Crippen LogP contribution in [0.3, 0.4) is 0 Å². The molecule has 2 N–H and O–H groups in total. The molecule has 0 amide bonds. The van der Waals surface area contributed by atoms with Gasteiger partial charge in [-0.25, -0.2) is 5.01 Å². The van der Waals surface area contributed by atoms with E-state index in [4.69, 9.17) is 0 Å². The monoisotopic (exact) mass is 224 g/mol. The first-order chi connectivity index (χ1) is 6.40. The van der Waals surface area contributed by atoms with Crippen LogP contribution >= 0.6 is 0 Å². The lowest BCUT2D eigenvalue weighted by molar-refractivity contribution is 0.339. The van der Waals surface area contributed by atoms with E-state index >= 15 is 0 Å². The van der Waals surface area contributed by atoms with Gasteiger partial charge < -0.3 is 5.32 Å². The molecule has 0 saturated heterocycles. The van der Waals surface area contributed by atoms with Crippen LogP contribution in [-0.4, -0.2) is 59.0 Å². The fourth-order valence-electron chi connectivity index (χ4n) is 0.899. The molecule has 0 aliphatic carbocycles. The lowest BCUT2D eigenvalue weighted by Gasteiger charge is -2.20. The fourth-order valence-corrected chi connectivity index (χ4v) is 1.87. The van der Waals surface area contributed by atoms with E-state index in [1.165, 1.54) is 9.31 Å². The summed E-state index contributed by atoms with van der Waals surface area (Å²) in [5.74, 6) is 0. The molecule has 0 heterocycles. The molecule has 86 valence electrons. The zero-order valence-electron chi connectivity index (χ0n) is 9.24. The van der Waals surface area contributed by atoms with Crippen LogP contribution in [0.4, 0.5) is 0 Å². The molecule has 0 atom stereocenters. The van der Waals surface area contributed by atoms with E-state index in [0.717, 1.165) is 13.0 Å². The van der Waals surface area contributed by atoms with E-state index in [0.29, 0.717) is 6.54 Å². The Kier molecular flexibility index (Phi) is 6.21. The second-order valence-corrected chi connectivity index (χ2v) is 5.03. The molecule has 0 spiro atoms. The Hall–Kier alpha value is -0.210. The van der Waals surface area contributed by atoms with Crippen molar-refractivity contribution in [1.82, 2.24) is 19.5 Å². The van der Waals surface area contributed by atoms with Gasteiger partial charge in [0.2, 0.25) is 0 Å². The first-order valence-electron chi connectivity index (χ1n) is 4.46. The maximum atomic E-state index is 11.5. The molecule has 0 aliphatic rings. The predicted octanol–water partition coefficient (Wildman–Crippen LogP) is -1.16. The summed E-state index contributed by atoms with van der Waals surface area (Å²) in [6.45, 7) is 1.31. The summed E-state index contributed by atoms with van der Waals surface area (Å²) < 4.78 is 24.3. The lowest BCUT2D eigenvalue weighted by Crippen LogP contribution is -2.45. The Morgan fingerprint density at radius 3 is 2.21 bits per heavy atom. The third kappa shape index (κ3) is 5.51. The molecule has 0 aromatic rings. The van der Waals surface area contributed by atoms with Crippen molar-refractivity contribution in [2.24, 2.45) is 0 Å². The first kappa shape index (κ1) is 13.8. The summed E-state index contributed by atoms with van der Waals surface area (Å²) >= 11 is 0. The molecule has 7 heteroatoms. The lowest BCUT2D eigenvalue weighted by atomic mass is 10.4. The van der Waals surface area contributed by atoms with E-state index in [1.54, 1.807) is 21.1 Å². The summed E-state index contributed by atoms with van der Waals surface area (Å²) in [4.78, 5) is 2.36. The number of nitrogens with one attached hydrogen (secondary N) is 2. The van der Waals surface area contributed by atoms with Gasteiger partial charge in [-0.05, 0) is 20.0 Å². The summed E-state index contributed by atoms with van der Waals surface area (Å²) in [6, 6.07) is 0. The van der Waals surface area contributed by atoms with Crippen molar-refractivity contribution in [2.45, 2.75) is 6.42 Å². The van der Waals surface area contributed by atoms with Gasteiger partial charge in [-0.1, -0.05) is 0 Å². The molecule has 0 aromatic heterocycles. The molecule has 14 heavy (non-hydrogen) atoms. The van der Waals surface area contributed by atoms with Gasteiger partial charge in [0.1, 0.15) is 0 Å². The predicted molar refractivity (Wildman–Crippen MR) is 56.9 cm³/mol. The minimum Gasteiger partial charge on any atom is -0.320 e. The molecule has 0 aromatic carbocycles. The highest BCUT2D eigenvalue weighted by atomic mass is 32.2. The summed E-state index contributed by atoms with van der Waals surface area (Å²) in [5, 5.41) is 4.37. The summed E-state index contributed by atoms with van der Waals surface area (Å²) in [7, 11) is 3.31. The second-order valence-electron chi connectivity index (χ2n) is 3.27. The SMILES string of the molecule is CNCCCN(C)S(=O)(=O)NN(C)C. The number of hydrogen-bond donors (Lipinski definition) is 2. The fraction of sp³-hybridized carbons (Fsp3) is 1.00. The van der Waals surface area contributed by atoms with Crippen molar-refractivity contribution in [3.8, 4) is 0 Å². The normalized spacial score (nSPS) is 12.7. The Balaban J connectivity index is 4.02. The van der Waals surface area contributed by atoms with Gasteiger partial charge in [0.05, 0.1) is 0 Å². The molecule has 0 rings (SSSR count). The van der Waals surface area contributed by atoms with Crippen molar-refractivity contribution in [3.05, 3.63) is 0 Å². The van der Waals surface area contributed by atoms with Gasteiger partial charge in [-0.15, -0.1) is 4.83 Å². The smallest absolute Gasteiger partial charge is 0.292 e. The van der Waals surface area contributed by atoms with E-state index in [1.807, 2.05) is 7.05 Å². The second kappa shape index (κ2) is 6.31. The van der Waals surface area contributed by atoms with Gasteiger partial charge in [-0.2, -0.15) is 12.7 Å². The van der Waals surface area contributed by atoms with Crippen molar-refractivity contribution in [3.63, 3.8) is 0 Å². The van der Waals surface area contributed by atoms with Crippen LogP contribution in [0.1, 0.15) is 6.42 Å². The minimum absolute atomic E-state index is 0.504. The molecule has 0 aliphatic heterocycles. The molecule has 0 bridgehead atoms. The van der Waals surface area contributed by atoms with Gasteiger partial charge in [0.15, 0.2) is 0 Å². The molecule has 0 fully saturated rings. The maximum absolute atomic E-state index is 11.5. The van der Waals surface area contributed by atoms with E-state index in [9.17, 15) is 8.42 Å². The number of hydrazine groups is 1. The van der Waals surface area contributed by atoms with Crippen LogP contribution < -0.4 is 10.1 Å². The molecular formula is C7H20N4O2S. The van der Waals surface area contributed by atoms with Crippen molar-refractivity contribution < 1.29 is 8.42 Å². The zero-order valence-corrected chi connectivity index (χ0v) is 10.1. The average Bonchev–Trinajstić information content (AvgIpc) is 2.02. The summed E-state index contributed by atoms with van der Waals surface area (Å²) in [5.41, 5.74) is 0. The van der Waals surface area contributed by atoms with Crippen LogP contribution in [0.5, 0.6) is 0 Å². The Morgan fingerprint density at radius 2 is 1.79 bits per heavy atom. The Morgan fingerprint density at radius 1 is 1.21 bits per heavy atom. The third-order valence-corrected chi connectivity index (χ3v) is 3.21. The number of rotatable bonds is 7. The van der Waals surface area contributed by atoms with Gasteiger partial charge in [-0.3, -0.25) is 0 Å². The Bertz CT molecular complexity index is 240. The molecular weight excluding hydrogens is 204 g/mol. The van der Waals surface area contributed by atoms with Crippen LogP contribution in [0.15, 0.2) is 0 Å². The average molecular weight is 224 g/mol. The van der Waals surface area contributed by atoms with Crippen molar-refractivity contribution >= 4 is 10.2 Å². The van der Waals surface area contributed by atoms with Crippen molar-refractivity contribution in [1.29, 1.82) is 0 Å². The molecule has 0 saturated carbocycles. The van der Waals surface area contributed by atoms with Crippen LogP contribution in [-0.2, 0) is 10.2 Å². The van der Waals surface area contributed by atoms with Crippen LogP contribution in [0.2, 0.25) is 0 Å². The molecule has 0 radical (unpaired) electrons. The maximum Gasteiger partial charge on any atom is 0.292 e. The standard InChI is InChI=1S/C7H20N4O2S/c1-8-6-5-7-11(4)14(12,13)9-10(2)3/h8-9H,5-7H2,1-4H3. The largest absolute Gasteiger partial charge is 0.320 e. The highest BCUT2D eigenvalue weighted by Crippen LogP contribution is 1.95. The van der Waals surface area contributed by atoms with E-state index in [2.05, 4.69) is 10.1 Å².